The van der Waals surface area contributed by atoms with Crippen LogP contribution in [0.15, 0.2) is 48.5 Å². The number of imidazole rings is 1. The van der Waals surface area contributed by atoms with Crippen molar-refractivity contribution >= 4 is 16.9 Å². The summed E-state index contributed by atoms with van der Waals surface area (Å²) >= 11 is 0. The Morgan fingerprint density at radius 1 is 1.16 bits per heavy atom. The van der Waals surface area contributed by atoms with Crippen LogP contribution < -0.4 is 4.74 Å². The molecule has 5 heteroatoms. The highest BCUT2D eigenvalue weighted by Crippen LogP contribution is 2.31. The molecule has 5 nitrogen and oxygen atoms in total. The van der Waals surface area contributed by atoms with Crippen LogP contribution in [0.25, 0.3) is 11.0 Å². The Balaban J connectivity index is 1.81. The fourth-order valence-corrected chi connectivity index (χ4v) is 3.61. The highest BCUT2D eigenvalue weighted by molar-refractivity contribution is 5.80. The molecule has 0 saturated carbocycles. The summed E-state index contributed by atoms with van der Waals surface area (Å²) in [5.41, 5.74) is 3.16. The topological polar surface area (TPSA) is 47.4 Å². The zero-order valence-corrected chi connectivity index (χ0v) is 14.5. The molecule has 1 fully saturated rings. The number of para-hydroxylation sites is 3. The Labute approximate surface area is 146 Å². The number of hydrogen-bond donors (Lipinski definition) is 0. The molecular weight excluding hydrogens is 314 g/mol. The van der Waals surface area contributed by atoms with Crippen molar-refractivity contribution in [3.05, 3.63) is 59.9 Å². The van der Waals surface area contributed by atoms with E-state index >= 15 is 0 Å². The molecule has 1 atom stereocenters. The monoisotopic (exact) mass is 335 g/mol. The second-order valence-electron chi connectivity index (χ2n) is 6.53. The third kappa shape index (κ3) is 2.76. The highest BCUT2D eigenvalue weighted by Gasteiger charge is 2.32. The van der Waals surface area contributed by atoms with Crippen molar-refractivity contribution < 1.29 is 9.53 Å². The normalized spacial score (nSPS) is 17.4. The van der Waals surface area contributed by atoms with Gasteiger partial charge in [0.1, 0.15) is 11.6 Å². The number of likely N-dealkylation sites (tertiary alicyclic amines) is 1. The fourth-order valence-electron chi connectivity index (χ4n) is 3.61. The number of carbonyl (C=O) groups is 1. The summed E-state index contributed by atoms with van der Waals surface area (Å²) in [6.07, 6.45) is 0.520. The van der Waals surface area contributed by atoms with Crippen LogP contribution in [0.5, 0.6) is 5.75 Å². The average Bonchev–Trinajstić information content (AvgIpc) is 3.16. The molecule has 0 N–H and O–H groups in total. The lowest BCUT2D eigenvalue weighted by Crippen LogP contribution is -2.19. The third-order valence-corrected chi connectivity index (χ3v) is 4.91. The first-order chi connectivity index (χ1) is 12.2. The summed E-state index contributed by atoms with van der Waals surface area (Å²) in [5, 5.41) is 0. The van der Waals surface area contributed by atoms with Gasteiger partial charge in [0.15, 0.2) is 0 Å². The maximum Gasteiger partial charge on any atom is 0.223 e. The summed E-state index contributed by atoms with van der Waals surface area (Å²) in [7, 11) is 3.55. The Morgan fingerprint density at radius 2 is 1.92 bits per heavy atom. The number of rotatable bonds is 4. The van der Waals surface area contributed by atoms with E-state index in [1.165, 1.54) is 0 Å². The molecule has 0 unspecified atom stereocenters. The number of aromatic nitrogens is 2. The van der Waals surface area contributed by atoms with Crippen LogP contribution in [0, 0.1) is 0 Å². The van der Waals surface area contributed by atoms with Crippen molar-refractivity contribution in [3.63, 3.8) is 0 Å². The van der Waals surface area contributed by atoms with Crippen LogP contribution in [0.1, 0.15) is 23.7 Å². The van der Waals surface area contributed by atoms with E-state index in [2.05, 4.69) is 16.7 Å². The largest absolute Gasteiger partial charge is 0.496 e. The van der Waals surface area contributed by atoms with Gasteiger partial charge < -0.3 is 14.2 Å². The van der Waals surface area contributed by atoms with Crippen LogP contribution in [0.2, 0.25) is 0 Å². The smallest absolute Gasteiger partial charge is 0.223 e. The van der Waals surface area contributed by atoms with Gasteiger partial charge in [0.25, 0.3) is 0 Å². The zero-order chi connectivity index (χ0) is 17.4. The number of benzene rings is 2. The Bertz CT molecular complexity index is 932. The molecule has 1 aliphatic heterocycles. The van der Waals surface area contributed by atoms with Crippen molar-refractivity contribution in [3.8, 4) is 5.75 Å². The molecule has 25 heavy (non-hydrogen) atoms. The van der Waals surface area contributed by atoms with Gasteiger partial charge in [0.05, 0.1) is 24.7 Å². The van der Waals surface area contributed by atoms with E-state index in [-0.39, 0.29) is 11.8 Å². The van der Waals surface area contributed by atoms with E-state index < -0.39 is 0 Å². The number of ether oxygens (including phenoxy) is 1. The molecule has 2 heterocycles. The molecule has 1 saturated heterocycles. The van der Waals surface area contributed by atoms with Gasteiger partial charge in [-0.2, -0.15) is 0 Å². The van der Waals surface area contributed by atoms with Gasteiger partial charge in [-0.15, -0.1) is 0 Å². The Kier molecular flexibility index (Phi) is 3.92. The lowest BCUT2D eigenvalue weighted by Gasteiger charge is -2.15. The zero-order valence-electron chi connectivity index (χ0n) is 14.5. The Hall–Kier alpha value is -2.82. The molecule has 0 aliphatic carbocycles. The lowest BCUT2D eigenvalue weighted by atomic mass is 10.1. The van der Waals surface area contributed by atoms with Gasteiger partial charge in [-0.25, -0.2) is 4.98 Å². The SMILES string of the molecule is COc1ccccc1Cn1c([C@@H]2CC(=O)N(C)C2)nc2ccccc21. The van der Waals surface area contributed by atoms with Gasteiger partial charge in [-0.1, -0.05) is 30.3 Å². The first-order valence-corrected chi connectivity index (χ1v) is 8.48. The van der Waals surface area contributed by atoms with E-state index in [1.54, 1.807) is 12.0 Å². The Morgan fingerprint density at radius 3 is 2.68 bits per heavy atom. The van der Waals surface area contributed by atoms with Crippen molar-refractivity contribution in [2.75, 3.05) is 20.7 Å². The summed E-state index contributed by atoms with van der Waals surface area (Å²) in [4.78, 5) is 18.7. The molecule has 3 aromatic rings. The number of methoxy groups -OCH3 is 1. The second kappa shape index (κ2) is 6.24. The molecule has 1 aromatic heterocycles. The standard InChI is InChI=1S/C20H21N3O2/c1-22-12-15(11-19(22)24)20-21-16-8-4-5-9-17(16)23(20)13-14-7-3-6-10-18(14)25-2/h3-10,15H,11-13H2,1-2H3/t15-/m1/s1. The van der Waals surface area contributed by atoms with E-state index in [1.807, 2.05) is 43.4 Å². The summed E-state index contributed by atoms with van der Waals surface area (Å²) < 4.78 is 7.74. The number of carbonyl (C=O) groups excluding carboxylic acids is 1. The molecule has 128 valence electrons. The first-order valence-electron chi connectivity index (χ1n) is 8.48. The van der Waals surface area contributed by atoms with Gasteiger partial charge in [-0.05, 0) is 18.2 Å². The van der Waals surface area contributed by atoms with E-state index in [9.17, 15) is 4.79 Å². The van der Waals surface area contributed by atoms with Crippen LogP contribution in [0.3, 0.4) is 0 Å². The molecule has 2 aromatic carbocycles. The van der Waals surface area contributed by atoms with Crippen molar-refractivity contribution in [1.82, 2.24) is 14.5 Å². The predicted molar refractivity (Wildman–Crippen MR) is 96.8 cm³/mol. The molecule has 1 amide bonds. The van der Waals surface area contributed by atoms with Crippen LogP contribution in [0.4, 0.5) is 0 Å². The summed E-state index contributed by atoms with van der Waals surface area (Å²) in [6, 6.07) is 16.2. The minimum atomic E-state index is 0.125. The number of amides is 1. The fraction of sp³-hybridized carbons (Fsp3) is 0.300. The molecule has 4 rings (SSSR count). The van der Waals surface area contributed by atoms with Crippen LogP contribution in [-0.2, 0) is 11.3 Å². The average molecular weight is 335 g/mol. The number of fused-ring (bicyclic) bond motifs is 1. The molecule has 0 spiro atoms. The van der Waals surface area contributed by atoms with Crippen LogP contribution in [-0.4, -0.2) is 41.1 Å². The maximum absolute atomic E-state index is 12.0. The van der Waals surface area contributed by atoms with Gasteiger partial charge >= 0.3 is 0 Å². The molecule has 0 radical (unpaired) electrons. The predicted octanol–water partition coefficient (Wildman–Crippen LogP) is 3.04. The molecular formula is C20H21N3O2. The quantitative estimate of drug-likeness (QED) is 0.736. The van der Waals surface area contributed by atoms with Gasteiger partial charge in [-0.3, -0.25) is 4.79 Å². The number of nitrogens with zero attached hydrogens (tertiary/aromatic N) is 3. The van der Waals surface area contributed by atoms with Crippen molar-refractivity contribution in [2.24, 2.45) is 0 Å². The summed E-state index contributed by atoms with van der Waals surface area (Å²) in [6.45, 7) is 1.39. The third-order valence-electron chi connectivity index (χ3n) is 4.91. The van der Waals surface area contributed by atoms with Gasteiger partial charge in [0, 0.05) is 31.5 Å². The minimum absolute atomic E-state index is 0.125. The summed E-state index contributed by atoms with van der Waals surface area (Å²) in [5.74, 6) is 2.15. The molecule has 1 aliphatic rings. The van der Waals surface area contributed by atoms with Crippen molar-refractivity contribution in [1.29, 1.82) is 0 Å². The number of likely N-dealkylation sites (N-methyl/N-ethyl adjacent to an activating group) is 1. The van der Waals surface area contributed by atoms with E-state index in [0.29, 0.717) is 19.5 Å². The highest BCUT2D eigenvalue weighted by atomic mass is 16.5. The first kappa shape index (κ1) is 15.7. The number of hydrogen-bond acceptors (Lipinski definition) is 3. The maximum atomic E-state index is 12.0. The second-order valence-corrected chi connectivity index (χ2v) is 6.53. The van der Waals surface area contributed by atoms with Crippen LogP contribution >= 0.6 is 0 Å². The van der Waals surface area contributed by atoms with Gasteiger partial charge in [0.2, 0.25) is 5.91 Å². The lowest BCUT2D eigenvalue weighted by molar-refractivity contribution is -0.126. The molecule has 0 bridgehead atoms. The minimum Gasteiger partial charge on any atom is -0.496 e. The van der Waals surface area contributed by atoms with Crippen molar-refractivity contribution in [2.45, 2.75) is 18.9 Å². The van der Waals surface area contributed by atoms with E-state index in [4.69, 9.17) is 9.72 Å². The van der Waals surface area contributed by atoms with E-state index in [0.717, 1.165) is 28.2 Å².